The lowest BCUT2D eigenvalue weighted by Crippen LogP contribution is -2.19. The molecule has 2 N–H and O–H groups in total. The molecule has 2 aromatic carbocycles. The van der Waals surface area contributed by atoms with Crippen LogP contribution >= 0.6 is 43.6 Å². The largest absolute Gasteiger partial charge is 0.492 e. The smallest absolute Gasteiger partial charge is 0.335 e. The monoisotopic (exact) mass is 538 g/mol. The molecule has 1 amide bonds. The minimum absolute atomic E-state index is 0.178. The number of hydrogen-bond donors (Lipinski definition) is 2. The Bertz CT molecular complexity index is 1020. The second kappa shape index (κ2) is 9.60. The highest BCUT2D eigenvalue weighted by Gasteiger charge is 2.24. The number of halogens is 2. The van der Waals surface area contributed by atoms with E-state index in [4.69, 9.17) is 9.84 Å². The molecule has 0 bridgehead atoms. The van der Waals surface area contributed by atoms with E-state index in [9.17, 15) is 9.59 Å². The van der Waals surface area contributed by atoms with Crippen molar-refractivity contribution in [3.63, 3.8) is 0 Å². The van der Waals surface area contributed by atoms with Crippen molar-refractivity contribution in [3.8, 4) is 5.75 Å². The summed E-state index contributed by atoms with van der Waals surface area (Å²) in [7, 11) is 0. The van der Waals surface area contributed by atoms with Gasteiger partial charge in [-0.15, -0.1) is 0 Å². The van der Waals surface area contributed by atoms with Crippen LogP contribution in [0.4, 0.5) is 5.69 Å². The van der Waals surface area contributed by atoms with Crippen LogP contribution in [0, 0.1) is 0 Å². The van der Waals surface area contributed by atoms with Crippen molar-refractivity contribution in [2.75, 3.05) is 6.61 Å². The number of hydrogen-bond acceptors (Lipinski definition) is 5. The maximum atomic E-state index is 12.4. The van der Waals surface area contributed by atoms with E-state index < -0.39 is 5.97 Å². The van der Waals surface area contributed by atoms with Crippen LogP contribution in [0.5, 0.6) is 5.75 Å². The van der Waals surface area contributed by atoms with Gasteiger partial charge in [-0.05, 0) is 76.6 Å². The summed E-state index contributed by atoms with van der Waals surface area (Å²) in [5.41, 5.74) is 1.50. The molecule has 0 aliphatic carbocycles. The van der Waals surface area contributed by atoms with Crippen LogP contribution in [0.25, 0.3) is 6.08 Å². The number of ether oxygens (including phenoxy) is 1. The fourth-order valence-corrected chi connectivity index (χ4v) is 4.67. The predicted molar refractivity (Wildman–Crippen MR) is 122 cm³/mol. The third kappa shape index (κ3) is 5.49. The van der Waals surface area contributed by atoms with Gasteiger partial charge in [0.25, 0.3) is 5.91 Å². The molecule has 0 unspecified atom stereocenters. The maximum Gasteiger partial charge on any atom is 0.335 e. The van der Waals surface area contributed by atoms with Gasteiger partial charge in [0, 0.05) is 10.0 Å². The van der Waals surface area contributed by atoms with E-state index in [1.165, 1.54) is 23.9 Å². The molecule has 0 saturated carbocycles. The van der Waals surface area contributed by atoms with Gasteiger partial charge in [-0.2, -0.15) is 0 Å². The lowest BCUT2D eigenvalue weighted by molar-refractivity contribution is -0.115. The number of benzene rings is 2. The molecular formula is C20H16Br2N2O4S. The topological polar surface area (TPSA) is 88.0 Å². The second-order valence-electron chi connectivity index (χ2n) is 5.99. The number of carboxylic acid groups (broad SMARTS) is 1. The average molecular weight is 540 g/mol. The molecular weight excluding hydrogens is 524 g/mol. The van der Waals surface area contributed by atoms with Crippen molar-refractivity contribution in [2.24, 2.45) is 4.99 Å². The lowest BCUT2D eigenvalue weighted by atomic mass is 10.2. The van der Waals surface area contributed by atoms with Crippen LogP contribution in [0.15, 0.2) is 55.2 Å². The number of carbonyl (C=O) groups excluding carboxylic acids is 1. The molecule has 1 heterocycles. The van der Waals surface area contributed by atoms with Crippen molar-refractivity contribution < 1.29 is 19.4 Å². The van der Waals surface area contributed by atoms with Gasteiger partial charge in [0.2, 0.25) is 0 Å². The Balaban J connectivity index is 1.86. The molecule has 0 radical (unpaired) electrons. The zero-order valence-corrected chi connectivity index (χ0v) is 19.2. The van der Waals surface area contributed by atoms with E-state index in [1.54, 1.807) is 18.2 Å². The normalized spacial score (nSPS) is 16.3. The first-order valence-electron chi connectivity index (χ1n) is 8.62. The van der Waals surface area contributed by atoms with E-state index in [0.717, 1.165) is 20.9 Å². The molecule has 6 nitrogen and oxygen atoms in total. The molecule has 0 atom stereocenters. The SMILES string of the molecule is CCCOc1c(Br)cc(Br)cc1/C=C1\SC(=Nc2ccc(C(=O)O)cc2)NC1=O. The summed E-state index contributed by atoms with van der Waals surface area (Å²) in [6.07, 6.45) is 2.63. The molecule has 9 heteroatoms. The Morgan fingerprint density at radius 1 is 1.28 bits per heavy atom. The molecule has 1 aliphatic rings. The summed E-state index contributed by atoms with van der Waals surface area (Å²) in [5, 5.41) is 12.1. The number of amidine groups is 1. The molecule has 0 spiro atoms. The Kier molecular flexibility index (Phi) is 7.15. The molecule has 0 aromatic heterocycles. The molecule has 29 heavy (non-hydrogen) atoms. The van der Waals surface area contributed by atoms with Crippen LogP contribution in [-0.2, 0) is 4.79 Å². The molecule has 1 fully saturated rings. The predicted octanol–water partition coefficient (Wildman–Crippen LogP) is 5.59. The number of thioether (sulfide) groups is 1. The van der Waals surface area contributed by atoms with Gasteiger partial charge in [0.1, 0.15) is 5.75 Å². The molecule has 3 rings (SSSR count). The van der Waals surface area contributed by atoms with Crippen molar-refractivity contribution in [3.05, 3.63) is 61.4 Å². The number of aliphatic imine (C=N–C) groups is 1. The Labute approximate surface area is 188 Å². The second-order valence-corrected chi connectivity index (χ2v) is 8.79. The number of rotatable bonds is 6. The molecule has 2 aromatic rings. The van der Waals surface area contributed by atoms with Gasteiger partial charge in [0.05, 0.1) is 27.2 Å². The number of nitrogens with one attached hydrogen (secondary N) is 1. The standard InChI is InChI=1S/C20H16Br2N2O4S/c1-2-7-28-17-12(8-13(21)10-15(17)22)9-16-18(25)24-20(29-16)23-14-5-3-11(4-6-14)19(26)27/h3-6,8-10H,2,7H2,1H3,(H,26,27)(H,23,24,25)/b16-9-. The third-order valence-electron chi connectivity index (χ3n) is 3.77. The van der Waals surface area contributed by atoms with Crippen LogP contribution in [0.3, 0.4) is 0 Å². The quantitative estimate of drug-likeness (QED) is 0.467. The van der Waals surface area contributed by atoms with Crippen molar-refractivity contribution in [2.45, 2.75) is 13.3 Å². The van der Waals surface area contributed by atoms with Gasteiger partial charge in [-0.1, -0.05) is 22.9 Å². The van der Waals surface area contributed by atoms with Gasteiger partial charge in [0.15, 0.2) is 5.17 Å². The Morgan fingerprint density at radius 3 is 2.66 bits per heavy atom. The summed E-state index contributed by atoms with van der Waals surface area (Å²) < 4.78 is 7.49. The number of nitrogens with zero attached hydrogens (tertiary/aromatic N) is 1. The number of amides is 1. The van der Waals surface area contributed by atoms with Gasteiger partial charge < -0.3 is 15.2 Å². The summed E-state index contributed by atoms with van der Waals surface area (Å²) in [6, 6.07) is 9.89. The van der Waals surface area contributed by atoms with Crippen LogP contribution in [-0.4, -0.2) is 28.8 Å². The minimum Gasteiger partial charge on any atom is -0.492 e. The molecule has 1 aliphatic heterocycles. The Morgan fingerprint density at radius 2 is 2.00 bits per heavy atom. The molecule has 1 saturated heterocycles. The van der Waals surface area contributed by atoms with Gasteiger partial charge >= 0.3 is 5.97 Å². The zero-order chi connectivity index (χ0) is 21.0. The van der Waals surface area contributed by atoms with E-state index in [0.29, 0.717) is 28.1 Å². The lowest BCUT2D eigenvalue weighted by Gasteiger charge is -2.11. The van der Waals surface area contributed by atoms with Crippen molar-refractivity contribution in [1.29, 1.82) is 0 Å². The zero-order valence-electron chi connectivity index (χ0n) is 15.2. The first-order valence-corrected chi connectivity index (χ1v) is 11.0. The summed E-state index contributed by atoms with van der Waals surface area (Å²) in [4.78, 5) is 28.2. The number of aromatic carboxylic acids is 1. The summed E-state index contributed by atoms with van der Waals surface area (Å²) >= 11 is 8.18. The average Bonchev–Trinajstić information content (AvgIpc) is 3.00. The third-order valence-corrected chi connectivity index (χ3v) is 5.73. The fraction of sp³-hybridized carbons (Fsp3) is 0.150. The van der Waals surface area contributed by atoms with E-state index in [-0.39, 0.29) is 11.5 Å². The van der Waals surface area contributed by atoms with E-state index in [1.807, 2.05) is 19.1 Å². The Hall–Kier alpha value is -2.10. The summed E-state index contributed by atoms with van der Waals surface area (Å²) in [6.45, 7) is 2.59. The van der Waals surface area contributed by atoms with Crippen LogP contribution in [0.1, 0.15) is 29.3 Å². The van der Waals surface area contributed by atoms with Crippen LogP contribution < -0.4 is 10.1 Å². The van der Waals surface area contributed by atoms with E-state index in [2.05, 4.69) is 42.2 Å². The highest BCUT2D eigenvalue weighted by atomic mass is 79.9. The van der Waals surface area contributed by atoms with Crippen molar-refractivity contribution in [1.82, 2.24) is 5.32 Å². The first kappa shape index (κ1) is 21.6. The fourth-order valence-electron chi connectivity index (χ4n) is 2.46. The van der Waals surface area contributed by atoms with Gasteiger partial charge in [-0.25, -0.2) is 9.79 Å². The van der Waals surface area contributed by atoms with Gasteiger partial charge in [-0.3, -0.25) is 4.79 Å². The van der Waals surface area contributed by atoms with E-state index >= 15 is 0 Å². The minimum atomic E-state index is -1.00. The highest BCUT2D eigenvalue weighted by molar-refractivity contribution is 9.11. The number of carboxylic acids is 1. The van der Waals surface area contributed by atoms with Crippen molar-refractivity contribution >= 4 is 72.4 Å². The first-order chi connectivity index (χ1) is 13.9. The van der Waals surface area contributed by atoms with Crippen LogP contribution in [0.2, 0.25) is 0 Å². The number of carbonyl (C=O) groups is 2. The molecule has 150 valence electrons. The maximum absolute atomic E-state index is 12.4. The summed E-state index contributed by atoms with van der Waals surface area (Å²) in [5.74, 6) is -0.585. The highest BCUT2D eigenvalue weighted by Crippen LogP contribution is 2.37.